The summed E-state index contributed by atoms with van der Waals surface area (Å²) in [5.41, 5.74) is 2.06. The van der Waals surface area contributed by atoms with Crippen molar-refractivity contribution in [3.63, 3.8) is 0 Å². The summed E-state index contributed by atoms with van der Waals surface area (Å²) in [6.45, 7) is 2.23. The Hall–Kier alpha value is -3.20. The highest BCUT2D eigenvalue weighted by Gasteiger charge is 2.11. The van der Waals surface area contributed by atoms with Crippen LogP contribution in [0.4, 0.5) is 10.1 Å². The quantitative estimate of drug-likeness (QED) is 0.831. The molecule has 0 unspecified atom stereocenters. The molecule has 0 aliphatic rings. The number of nitrogens with one attached hydrogen (secondary N) is 1. The van der Waals surface area contributed by atoms with Crippen molar-refractivity contribution in [2.45, 2.75) is 19.8 Å². The number of carbonyl (C=O) groups excluding carboxylic acids is 2. The molecule has 0 fully saturated rings. The Labute approximate surface area is 152 Å². The van der Waals surface area contributed by atoms with Gasteiger partial charge in [0, 0.05) is 32.1 Å². The van der Waals surface area contributed by atoms with Gasteiger partial charge < -0.3 is 10.2 Å². The first-order valence-electron chi connectivity index (χ1n) is 8.28. The summed E-state index contributed by atoms with van der Waals surface area (Å²) in [5.74, 6) is -0.613. The first kappa shape index (κ1) is 19.1. The number of nitrogens with zero attached hydrogens (tertiary/aromatic N) is 2. The fraction of sp³-hybridized carbons (Fsp3) is 0.250. The Kier molecular flexibility index (Phi) is 6.86. The zero-order valence-electron chi connectivity index (χ0n) is 14.5. The molecule has 0 heterocycles. The molecule has 0 aliphatic carbocycles. The van der Waals surface area contributed by atoms with Crippen molar-refractivity contribution in [1.29, 1.82) is 5.26 Å². The molecular formula is C20H20FN3O2. The van der Waals surface area contributed by atoms with Gasteiger partial charge in [-0.3, -0.25) is 9.59 Å². The Morgan fingerprint density at radius 1 is 1.08 bits per heavy atom. The third-order valence-corrected chi connectivity index (χ3v) is 3.94. The summed E-state index contributed by atoms with van der Waals surface area (Å²) in [4.78, 5) is 25.4. The lowest BCUT2D eigenvalue weighted by Gasteiger charge is -2.21. The van der Waals surface area contributed by atoms with E-state index in [2.05, 4.69) is 5.32 Å². The fourth-order valence-corrected chi connectivity index (χ4v) is 2.43. The zero-order valence-corrected chi connectivity index (χ0v) is 14.5. The van der Waals surface area contributed by atoms with Crippen LogP contribution >= 0.6 is 0 Å². The Morgan fingerprint density at radius 3 is 2.31 bits per heavy atom. The Balaban J connectivity index is 1.83. The van der Waals surface area contributed by atoms with Crippen LogP contribution in [0.1, 0.15) is 24.5 Å². The second-order valence-electron chi connectivity index (χ2n) is 5.87. The number of amides is 2. The fourth-order valence-electron chi connectivity index (χ4n) is 2.43. The van der Waals surface area contributed by atoms with Crippen LogP contribution in [0.25, 0.3) is 0 Å². The summed E-state index contributed by atoms with van der Waals surface area (Å²) in [6, 6.07) is 14.7. The highest BCUT2D eigenvalue weighted by Crippen LogP contribution is 2.10. The van der Waals surface area contributed by atoms with E-state index in [0.29, 0.717) is 30.8 Å². The van der Waals surface area contributed by atoms with E-state index in [4.69, 9.17) is 5.26 Å². The van der Waals surface area contributed by atoms with Crippen molar-refractivity contribution in [2.24, 2.45) is 0 Å². The van der Waals surface area contributed by atoms with Gasteiger partial charge in [-0.2, -0.15) is 5.26 Å². The molecule has 0 atom stereocenters. The first-order chi connectivity index (χ1) is 12.5. The smallest absolute Gasteiger partial charge is 0.226 e. The van der Waals surface area contributed by atoms with Crippen LogP contribution < -0.4 is 5.32 Å². The average Bonchev–Trinajstić information content (AvgIpc) is 2.63. The number of rotatable bonds is 7. The lowest BCUT2D eigenvalue weighted by Crippen LogP contribution is -2.33. The van der Waals surface area contributed by atoms with Gasteiger partial charge in [-0.1, -0.05) is 12.1 Å². The number of benzene rings is 2. The molecule has 0 aromatic heterocycles. The zero-order chi connectivity index (χ0) is 18.9. The maximum atomic E-state index is 12.9. The second kappa shape index (κ2) is 9.33. The number of halogens is 1. The minimum absolute atomic E-state index is 0.113. The van der Waals surface area contributed by atoms with Gasteiger partial charge in [-0.15, -0.1) is 0 Å². The summed E-state index contributed by atoms with van der Waals surface area (Å²) in [6.07, 6.45) is 0.764. The Bertz CT molecular complexity index is 795. The Morgan fingerprint density at radius 2 is 1.73 bits per heavy atom. The molecule has 2 aromatic rings. The summed E-state index contributed by atoms with van der Waals surface area (Å²) in [7, 11) is 0. The lowest BCUT2D eigenvalue weighted by molar-refractivity contribution is -0.129. The second-order valence-corrected chi connectivity index (χ2v) is 5.87. The van der Waals surface area contributed by atoms with Crippen LogP contribution in [0.15, 0.2) is 48.5 Å². The number of hydrogen-bond acceptors (Lipinski definition) is 3. The minimum atomic E-state index is -0.295. The van der Waals surface area contributed by atoms with Gasteiger partial charge >= 0.3 is 0 Å². The molecule has 0 aliphatic heterocycles. The molecule has 0 saturated carbocycles. The molecule has 0 bridgehead atoms. The molecule has 6 heteroatoms. The number of carbonyl (C=O) groups is 2. The number of hydrogen-bond donors (Lipinski definition) is 1. The molecule has 0 spiro atoms. The number of anilines is 1. The molecule has 5 nitrogen and oxygen atoms in total. The van der Waals surface area contributed by atoms with Crippen molar-refractivity contribution in [3.05, 3.63) is 65.5 Å². The van der Waals surface area contributed by atoms with Gasteiger partial charge in [0.05, 0.1) is 11.6 Å². The van der Waals surface area contributed by atoms with Crippen molar-refractivity contribution in [1.82, 2.24) is 4.90 Å². The predicted molar refractivity (Wildman–Crippen MR) is 96.8 cm³/mol. The predicted octanol–water partition coefficient (Wildman–Crippen LogP) is 3.12. The molecule has 2 amide bonds. The molecule has 2 aromatic carbocycles. The van der Waals surface area contributed by atoms with Gasteiger partial charge in [0.15, 0.2) is 0 Å². The standard InChI is InChI=1S/C20H20FN3O2/c1-15(25)24(12-10-16-2-6-18(21)7-3-16)13-11-20(26)23-19-8-4-17(14-22)5-9-19/h2-9H,10-13H2,1H3,(H,23,26). The van der Waals surface area contributed by atoms with Gasteiger partial charge in [0.25, 0.3) is 0 Å². The monoisotopic (exact) mass is 353 g/mol. The van der Waals surface area contributed by atoms with Crippen LogP contribution in [0.3, 0.4) is 0 Å². The summed E-state index contributed by atoms with van der Waals surface area (Å²) in [5, 5.41) is 11.5. The van der Waals surface area contributed by atoms with E-state index < -0.39 is 0 Å². The molecule has 134 valence electrons. The van der Waals surface area contributed by atoms with E-state index in [0.717, 1.165) is 5.56 Å². The van der Waals surface area contributed by atoms with E-state index in [1.54, 1.807) is 41.3 Å². The molecule has 0 radical (unpaired) electrons. The van der Waals surface area contributed by atoms with Crippen LogP contribution in [-0.2, 0) is 16.0 Å². The van der Waals surface area contributed by atoms with Crippen molar-refractivity contribution in [2.75, 3.05) is 18.4 Å². The van der Waals surface area contributed by atoms with Crippen LogP contribution in [0, 0.1) is 17.1 Å². The molecule has 26 heavy (non-hydrogen) atoms. The summed E-state index contributed by atoms with van der Waals surface area (Å²) < 4.78 is 12.9. The number of nitriles is 1. The molecule has 1 N–H and O–H groups in total. The third kappa shape index (κ3) is 6.02. The minimum Gasteiger partial charge on any atom is -0.342 e. The molecule has 2 rings (SSSR count). The molecule has 0 saturated heterocycles. The van der Waals surface area contributed by atoms with Crippen LogP contribution in [0.5, 0.6) is 0 Å². The van der Waals surface area contributed by atoms with Gasteiger partial charge in [-0.25, -0.2) is 4.39 Å². The van der Waals surface area contributed by atoms with Crippen LogP contribution in [0.2, 0.25) is 0 Å². The lowest BCUT2D eigenvalue weighted by atomic mass is 10.1. The molecular weight excluding hydrogens is 333 g/mol. The highest BCUT2D eigenvalue weighted by molar-refractivity contribution is 5.91. The van der Waals surface area contributed by atoms with E-state index >= 15 is 0 Å². The van der Waals surface area contributed by atoms with Gasteiger partial charge in [-0.05, 0) is 48.4 Å². The third-order valence-electron chi connectivity index (χ3n) is 3.94. The first-order valence-corrected chi connectivity index (χ1v) is 8.28. The SMILES string of the molecule is CC(=O)N(CCC(=O)Nc1ccc(C#N)cc1)CCc1ccc(F)cc1. The van der Waals surface area contributed by atoms with E-state index in [-0.39, 0.29) is 24.1 Å². The van der Waals surface area contributed by atoms with Crippen molar-refractivity contribution < 1.29 is 14.0 Å². The highest BCUT2D eigenvalue weighted by atomic mass is 19.1. The maximum absolute atomic E-state index is 12.9. The van der Waals surface area contributed by atoms with Crippen molar-refractivity contribution >= 4 is 17.5 Å². The largest absolute Gasteiger partial charge is 0.342 e. The maximum Gasteiger partial charge on any atom is 0.226 e. The average molecular weight is 353 g/mol. The summed E-state index contributed by atoms with van der Waals surface area (Å²) >= 11 is 0. The van der Waals surface area contributed by atoms with Crippen LogP contribution in [-0.4, -0.2) is 29.8 Å². The van der Waals surface area contributed by atoms with E-state index in [1.165, 1.54) is 19.1 Å². The van der Waals surface area contributed by atoms with Gasteiger partial charge in [0.2, 0.25) is 11.8 Å². The van der Waals surface area contributed by atoms with Gasteiger partial charge in [0.1, 0.15) is 5.82 Å². The van der Waals surface area contributed by atoms with Crippen molar-refractivity contribution in [3.8, 4) is 6.07 Å². The normalized spacial score (nSPS) is 10.0. The van der Waals surface area contributed by atoms with E-state index in [1.807, 2.05) is 6.07 Å². The van der Waals surface area contributed by atoms with E-state index in [9.17, 15) is 14.0 Å². The topological polar surface area (TPSA) is 73.2 Å².